The number of rotatable bonds is 7. The Morgan fingerprint density at radius 1 is 1.25 bits per heavy atom. The van der Waals surface area contributed by atoms with Crippen molar-refractivity contribution in [2.75, 3.05) is 13.3 Å². The molecular formula is C17H20FNO. The molecule has 0 heterocycles. The van der Waals surface area contributed by atoms with E-state index in [1.807, 2.05) is 55.5 Å². The molecule has 0 radical (unpaired) electrons. The van der Waals surface area contributed by atoms with Crippen LogP contribution in [-0.4, -0.2) is 13.3 Å². The molecule has 0 bridgehead atoms. The second-order valence-electron chi connectivity index (χ2n) is 4.14. The van der Waals surface area contributed by atoms with Crippen LogP contribution in [0.3, 0.4) is 0 Å². The molecule has 1 aromatic rings. The molecule has 0 spiro atoms. The van der Waals surface area contributed by atoms with Crippen LogP contribution in [0.25, 0.3) is 6.08 Å². The van der Waals surface area contributed by atoms with Crippen LogP contribution >= 0.6 is 0 Å². The fourth-order valence-electron chi connectivity index (χ4n) is 1.39. The predicted octanol–water partition coefficient (Wildman–Crippen LogP) is 4.02. The monoisotopic (exact) mass is 273 g/mol. The van der Waals surface area contributed by atoms with E-state index in [0.29, 0.717) is 11.4 Å². The highest BCUT2D eigenvalue weighted by Gasteiger charge is 1.93. The molecule has 0 fully saturated rings. The van der Waals surface area contributed by atoms with E-state index < -0.39 is 6.67 Å². The highest BCUT2D eigenvalue weighted by atomic mass is 19.1. The Morgan fingerprint density at radius 2 is 1.95 bits per heavy atom. The Kier molecular flexibility index (Phi) is 6.90. The van der Waals surface area contributed by atoms with Gasteiger partial charge in [-0.05, 0) is 36.3 Å². The van der Waals surface area contributed by atoms with Gasteiger partial charge in [-0.2, -0.15) is 0 Å². The quantitative estimate of drug-likeness (QED) is 0.761. The Labute approximate surface area is 119 Å². The molecule has 106 valence electrons. The van der Waals surface area contributed by atoms with Gasteiger partial charge in [0.2, 0.25) is 0 Å². The van der Waals surface area contributed by atoms with Crippen molar-refractivity contribution in [2.45, 2.75) is 6.92 Å². The molecule has 0 aliphatic carbocycles. The minimum absolute atomic E-state index is 0.0865. The standard InChI is InChI=1S/C17H20FNO/c1-3-16(19)9-5-14(2)4-6-15-7-10-17(11-8-15)20-13-12-18/h3-11H,2,12-13,19H2,1H3/b6-4+,9-5-,16-3+. The number of hydrogen-bond donors (Lipinski definition) is 1. The third-order valence-electron chi connectivity index (χ3n) is 2.54. The zero-order chi connectivity index (χ0) is 14.8. The van der Waals surface area contributed by atoms with Gasteiger partial charge >= 0.3 is 0 Å². The van der Waals surface area contributed by atoms with Gasteiger partial charge in [0.1, 0.15) is 19.0 Å². The minimum atomic E-state index is -0.483. The van der Waals surface area contributed by atoms with Crippen LogP contribution in [0.5, 0.6) is 5.75 Å². The van der Waals surface area contributed by atoms with Gasteiger partial charge in [0.25, 0.3) is 0 Å². The number of halogens is 1. The predicted molar refractivity (Wildman–Crippen MR) is 83.2 cm³/mol. The van der Waals surface area contributed by atoms with Crippen molar-refractivity contribution in [2.24, 2.45) is 5.73 Å². The van der Waals surface area contributed by atoms with Crippen molar-refractivity contribution in [3.8, 4) is 5.75 Å². The first-order valence-corrected chi connectivity index (χ1v) is 6.41. The molecule has 3 heteroatoms. The van der Waals surface area contributed by atoms with Gasteiger partial charge < -0.3 is 10.5 Å². The summed E-state index contributed by atoms with van der Waals surface area (Å²) in [4.78, 5) is 0. The first-order valence-electron chi connectivity index (χ1n) is 6.41. The van der Waals surface area contributed by atoms with E-state index in [9.17, 15) is 4.39 Å². The Balaban J connectivity index is 2.57. The smallest absolute Gasteiger partial charge is 0.123 e. The third-order valence-corrected chi connectivity index (χ3v) is 2.54. The number of alkyl halides is 1. The molecule has 1 rings (SSSR count). The van der Waals surface area contributed by atoms with Crippen molar-refractivity contribution in [1.29, 1.82) is 0 Å². The van der Waals surface area contributed by atoms with Crippen molar-refractivity contribution in [3.05, 3.63) is 72.0 Å². The fraction of sp³-hybridized carbons (Fsp3) is 0.176. The fourth-order valence-corrected chi connectivity index (χ4v) is 1.39. The van der Waals surface area contributed by atoms with Crippen molar-refractivity contribution < 1.29 is 9.13 Å². The summed E-state index contributed by atoms with van der Waals surface area (Å²) in [6.07, 6.45) is 9.32. The number of benzene rings is 1. The maximum Gasteiger partial charge on any atom is 0.123 e. The lowest BCUT2D eigenvalue weighted by molar-refractivity contribution is 0.273. The molecule has 2 nitrogen and oxygen atoms in total. The topological polar surface area (TPSA) is 35.2 Å². The lowest BCUT2D eigenvalue weighted by atomic mass is 10.1. The van der Waals surface area contributed by atoms with Gasteiger partial charge in [0.05, 0.1) is 0 Å². The highest BCUT2D eigenvalue weighted by Crippen LogP contribution is 2.14. The van der Waals surface area contributed by atoms with E-state index in [4.69, 9.17) is 10.5 Å². The molecule has 0 atom stereocenters. The summed E-state index contributed by atoms with van der Waals surface area (Å²) in [7, 11) is 0. The van der Waals surface area contributed by atoms with Crippen molar-refractivity contribution in [1.82, 2.24) is 0 Å². The molecule has 1 aromatic carbocycles. The molecule has 0 aromatic heterocycles. The summed E-state index contributed by atoms with van der Waals surface area (Å²) in [5.74, 6) is 0.666. The normalized spacial score (nSPS) is 12.2. The Bertz CT molecular complexity index is 512. The lowest BCUT2D eigenvalue weighted by Gasteiger charge is -2.03. The summed E-state index contributed by atoms with van der Waals surface area (Å²) in [5, 5.41) is 0. The number of ether oxygens (including phenoxy) is 1. The Hall–Kier alpha value is -2.29. The molecule has 0 amide bonds. The first kappa shape index (κ1) is 15.8. The van der Waals surface area contributed by atoms with Gasteiger partial charge in [0.15, 0.2) is 0 Å². The van der Waals surface area contributed by atoms with Gasteiger partial charge in [-0.3, -0.25) is 0 Å². The van der Waals surface area contributed by atoms with E-state index >= 15 is 0 Å². The molecule has 0 saturated heterocycles. The number of hydrogen-bond acceptors (Lipinski definition) is 2. The van der Waals surface area contributed by atoms with E-state index in [2.05, 4.69) is 6.58 Å². The average Bonchev–Trinajstić information content (AvgIpc) is 2.49. The first-order chi connectivity index (χ1) is 9.65. The average molecular weight is 273 g/mol. The van der Waals surface area contributed by atoms with Gasteiger partial charge in [-0.15, -0.1) is 0 Å². The number of allylic oxidation sites excluding steroid dienone is 5. The molecule has 0 unspecified atom stereocenters. The SMILES string of the molecule is C=C(/C=C\C(N)=C/C)/C=C/c1ccc(OCCF)cc1. The van der Waals surface area contributed by atoms with Crippen LogP contribution in [-0.2, 0) is 0 Å². The summed E-state index contributed by atoms with van der Waals surface area (Å²) in [6.45, 7) is 5.39. The maximum absolute atomic E-state index is 12.0. The van der Waals surface area contributed by atoms with Crippen LogP contribution in [0.4, 0.5) is 4.39 Å². The summed E-state index contributed by atoms with van der Waals surface area (Å²) >= 11 is 0. The molecule has 2 N–H and O–H groups in total. The lowest BCUT2D eigenvalue weighted by Crippen LogP contribution is -1.98. The van der Waals surface area contributed by atoms with Gasteiger partial charge in [-0.1, -0.05) is 43.0 Å². The second-order valence-corrected chi connectivity index (χ2v) is 4.14. The maximum atomic E-state index is 12.0. The summed E-state index contributed by atoms with van der Waals surface area (Å²) in [6, 6.07) is 7.43. The Morgan fingerprint density at radius 3 is 2.55 bits per heavy atom. The zero-order valence-electron chi connectivity index (χ0n) is 11.7. The minimum Gasteiger partial charge on any atom is -0.491 e. The van der Waals surface area contributed by atoms with Crippen molar-refractivity contribution >= 4 is 6.08 Å². The number of nitrogens with two attached hydrogens (primary N) is 1. The van der Waals surface area contributed by atoms with Crippen LogP contribution in [0, 0.1) is 0 Å². The van der Waals surface area contributed by atoms with E-state index in [1.54, 1.807) is 6.08 Å². The van der Waals surface area contributed by atoms with Crippen LogP contribution < -0.4 is 10.5 Å². The molecule has 0 saturated carbocycles. The second kappa shape index (κ2) is 8.75. The highest BCUT2D eigenvalue weighted by molar-refractivity contribution is 5.55. The molecule has 0 aliphatic rings. The van der Waals surface area contributed by atoms with Crippen LogP contribution in [0.15, 0.2) is 66.4 Å². The molecular weight excluding hydrogens is 253 g/mol. The van der Waals surface area contributed by atoms with Crippen LogP contribution in [0.2, 0.25) is 0 Å². The summed E-state index contributed by atoms with van der Waals surface area (Å²) < 4.78 is 17.1. The third kappa shape index (κ3) is 6.05. The van der Waals surface area contributed by atoms with Gasteiger partial charge in [-0.25, -0.2) is 4.39 Å². The van der Waals surface area contributed by atoms with E-state index in [-0.39, 0.29) is 6.61 Å². The van der Waals surface area contributed by atoms with Crippen molar-refractivity contribution in [3.63, 3.8) is 0 Å². The zero-order valence-corrected chi connectivity index (χ0v) is 11.7. The molecule has 0 aliphatic heterocycles. The van der Waals surface area contributed by atoms with Crippen LogP contribution in [0.1, 0.15) is 12.5 Å². The van der Waals surface area contributed by atoms with Gasteiger partial charge in [0, 0.05) is 5.70 Å². The summed E-state index contributed by atoms with van der Waals surface area (Å²) in [5.41, 5.74) is 8.23. The van der Waals surface area contributed by atoms with E-state index in [1.165, 1.54) is 0 Å². The largest absolute Gasteiger partial charge is 0.491 e. The molecule has 20 heavy (non-hydrogen) atoms. The van der Waals surface area contributed by atoms with E-state index in [0.717, 1.165) is 11.1 Å².